The van der Waals surface area contributed by atoms with E-state index in [4.69, 9.17) is 5.11 Å². The molecule has 0 atom stereocenters. The highest BCUT2D eigenvalue weighted by Gasteiger charge is 2.08. The number of thiophene rings is 1. The van der Waals surface area contributed by atoms with E-state index in [1.807, 2.05) is 12.1 Å². The number of carboxylic acid groups (broad SMARTS) is 1. The van der Waals surface area contributed by atoms with Crippen molar-refractivity contribution in [2.45, 2.75) is 11.3 Å². The molecule has 0 spiro atoms. The van der Waals surface area contributed by atoms with Crippen LogP contribution in [0.5, 0.6) is 0 Å². The van der Waals surface area contributed by atoms with Gasteiger partial charge in [-0.05, 0) is 40.9 Å². The summed E-state index contributed by atoms with van der Waals surface area (Å²) in [5, 5.41) is 13.2. The van der Waals surface area contributed by atoms with Crippen molar-refractivity contribution in [2.75, 3.05) is 5.75 Å². The Morgan fingerprint density at radius 2 is 2.12 bits per heavy atom. The Kier molecular flexibility index (Phi) is 4.23. The molecule has 88 valence electrons. The minimum atomic E-state index is -0.858. The summed E-state index contributed by atoms with van der Waals surface area (Å²) < 4.78 is 0. The molecule has 1 aromatic carbocycles. The molecule has 0 aliphatic rings. The molecule has 0 saturated heterocycles. The number of hydrogen-bond acceptors (Lipinski definition) is 3. The number of carboxylic acids is 1. The molecule has 2 rings (SSSR count). The summed E-state index contributed by atoms with van der Waals surface area (Å²) in [7, 11) is 0. The van der Waals surface area contributed by atoms with Gasteiger partial charge in [-0.2, -0.15) is 11.3 Å². The van der Waals surface area contributed by atoms with Gasteiger partial charge in [0.2, 0.25) is 0 Å². The van der Waals surface area contributed by atoms with Gasteiger partial charge in [0.15, 0.2) is 0 Å². The number of carbonyl (C=O) groups is 1. The first-order valence-electron chi connectivity index (χ1n) is 5.23. The lowest BCUT2D eigenvalue weighted by molar-refractivity contribution is 0.0693. The van der Waals surface area contributed by atoms with Crippen LogP contribution in [0, 0.1) is 0 Å². The predicted octanol–water partition coefficient (Wildman–Crippen LogP) is 3.78. The third-order valence-electron chi connectivity index (χ3n) is 2.35. The first-order valence-corrected chi connectivity index (χ1v) is 7.16. The lowest BCUT2D eigenvalue weighted by atomic mass is 10.2. The van der Waals surface area contributed by atoms with Gasteiger partial charge in [-0.15, -0.1) is 11.8 Å². The van der Waals surface area contributed by atoms with Crippen molar-refractivity contribution in [2.24, 2.45) is 0 Å². The van der Waals surface area contributed by atoms with Crippen LogP contribution < -0.4 is 0 Å². The Bertz CT molecular complexity index is 492. The smallest absolute Gasteiger partial charge is 0.336 e. The molecule has 0 aliphatic heterocycles. The van der Waals surface area contributed by atoms with Gasteiger partial charge in [0.1, 0.15) is 0 Å². The average molecular weight is 264 g/mol. The lowest BCUT2D eigenvalue weighted by Gasteiger charge is -2.04. The number of aryl methyl sites for hydroxylation is 1. The zero-order valence-corrected chi connectivity index (χ0v) is 10.8. The third-order valence-corrected chi connectivity index (χ3v) is 4.15. The lowest BCUT2D eigenvalue weighted by Crippen LogP contribution is -1.98. The molecule has 0 amide bonds. The molecule has 17 heavy (non-hydrogen) atoms. The molecule has 2 nitrogen and oxygen atoms in total. The van der Waals surface area contributed by atoms with E-state index in [1.54, 1.807) is 35.2 Å². The SMILES string of the molecule is O=C(O)c1ccccc1SCCc1ccsc1. The molecular weight excluding hydrogens is 252 g/mol. The molecule has 2 aromatic rings. The molecule has 1 aromatic heterocycles. The minimum absolute atomic E-state index is 0.391. The molecule has 0 saturated carbocycles. The molecular formula is C13H12O2S2. The first kappa shape index (κ1) is 12.2. The summed E-state index contributed by atoms with van der Waals surface area (Å²) in [5.74, 6) is 0.0460. The fourth-order valence-electron chi connectivity index (χ4n) is 1.48. The van der Waals surface area contributed by atoms with Gasteiger partial charge in [-0.3, -0.25) is 0 Å². The molecule has 1 heterocycles. The Hall–Kier alpha value is -1.26. The summed E-state index contributed by atoms with van der Waals surface area (Å²) >= 11 is 3.29. The summed E-state index contributed by atoms with van der Waals surface area (Å²) in [6.45, 7) is 0. The van der Waals surface area contributed by atoms with E-state index in [-0.39, 0.29) is 0 Å². The van der Waals surface area contributed by atoms with Crippen molar-refractivity contribution >= 4 is 29.1 Å². The van der Waals surface area contributed by atoms with Crippen molar-refractivity contribution < 1.29 is 9.90 Å². The van der Waals surface area contributed by atoms with Gasteiger partial charge in [0.25, 0.3) is 0 Å². The Morgan fingerprint density at radius 1 is 1.29 bits per heavy atom. The van der Waals surface area contributed by atoms with Crippen LogP contribution >= 0.6 is 23.1 Å². The topological polar surface area (TPSA) is 37.3 Å². The fraction of sp³-hybridized carbons (Fsp3) is 0.154. The Balaban J connectivity index is 1.97. The van der Waals surface area contributed by atoms with Crippen LogP contribution in [0.15, 0.2) is 46.0 Å². The highest BCUT2D eigenvalue weighted by molar-refractivity contribution is 7.99. The van der Waals surface area contributed by atoms with Crippen LogP contribution in [0.3, 0.4) is 0 Å². The molecule has 1 N–H and O–H groups in total. The quantitative estimate of drug-likeness (QED) is 0.835. The third kappa shape index (κ3) is 3.35. The zero-order valence-electron chi connectivity index (χ0n) is 9.13. The molecule has 0 bridgehead atoms. The summed E-state index contributed by atoms with van der Waals surface area (Å²) in [6.07, 6.45) is 0.974. The number of benzene rings is 1. The largest absolute Gasteiger partial charge is 0.478 e. The number of hydrogen-bond donors (Lipinski definition) is 1. The maximum atomic E-state index is 11.0. The molecule has 0 unspecified atom stereocenters. The van der Waals surface area contributed by atoms with Crippen LogP contribution in [-0.2, 0) is 6.42 Å². The first-order chi connectivity index (χ1) is 8.27. The maximum Gasteiger partial charge on any atom is 0.336 e. The second-order valence-corrected chi connectivity index (χ2v) is 5.45. The highest BCUT2D eigenvalue weighted by Crippen LogP contribution is 2.23. The van der Waals surface area contributed by atoms with E-state index < -0.39 is 5.97 Å². The zero-order chi connectivity index (χ0) is 12.1. The second kappa shape index (κ2) is 5.89. The standard InChI is InChI=1S/C13H12O2S2/c14-13(15)11-3-1-2-4-12(11)17-8-6-10-5-7-16-9-10/h1-5,7,9H,6,8H2,(H,14,15). The summed E-state index contributed by atoms with van der Waals surface area (Å²) in [4.78, 5) is 11.8. The van der Waals surface area contributed by atoms with Crippen LogP contribution in [-0.4, -0.2) is 16.8 Å². The van der Waals surface area contributed by atoms with Gasteiger partial charge in [-0.25, -0.2) is 4.79 Å². The average Bonchev–Trinajstić information content (AvgIpc) is 2.82. The van der Waals surface area contributed by atoms with Crippen LogP contribution in [0.1, 0.15) is 15.9 Å². The number of aromatic carboxylic acids is 1. The highest BCUT2D eigenvalue weighted by atomic mass is 32.2. The van der Waals surface area contributed by atoms with Crippen molar-refractivity contribution in [1.82, 2.24) is 0 Å². The minimum Gasteiger partial charge on any atom is -0.478 e. The van der Waals surface area contributed by atoms with E-state index >= 15 is 0 Å². The van der Waals surface area contributed by atoms with Crippen LogP contribution in [0.4, 0.5) is 0 Å². The van der Waals surface area contributed by atoms with Crippen LogP contribution in [0.2, 0.25) is 0 Å². The van der Waals surface area contributed by atoms with E-state index in [2.05, 4.69) is 16.8 Å². The van der Waals surface area contributed by atoms with Crippen molar-refractivity contribution in [1.29, 1.82) is 0 Å². The second-order valence-electron chi connectivity index (χ2n) is 3.53. The van der Waals surface area contributed by atoms with Gasteiger partial charge in [0, 0.05) is 10.6 Å². The monoisotopic (exact) mass is 264 g/mol. The molecule has 0 aliphatic carbocycles. The predicted molar refractivity (Wildman–Crippen MR) is 72.1 cm³/mol. The number of thioether (sulfide) groups is 1. The summed E-state index contributed by atoms with van der Waals surface area (Å²) in [5.41, 5.74) is 1.71. The maximum absolute atomic E-state index is 11.0. The van der Waals surface area contributed by atoms with Crippen LogP contribution in [0.25, 0.3) is 0 Å². The fourth-order valence-corrected chi connectivity index (χ4v) is 3.23. The van der Waals surface area contributed by atoms with E-state index in [1.165, 1.54) is 5.56 Å². The van der Waals surface area contributed by atoms with Gasteiger partial charge >= 0.3 is 5.97 Å². The van der Waals surface area contributed by atoms with Gasteiger partial charge in [0.05, 0.1) is 5.56 Å². The van der Waals surface area contributed by atoms with E-state index in [0.717, 1.165) is 17.1 Å². The Labute approximate surface area is 108 Å². The van der Waals surface area contributed by atoms with Gasteiger partial charge in [-0.1, -0.05) is 12.1 Å². The van der Waals surface area contributed by atoms with Gasteiger partial charge < -0.3 is 5.11 Å². The Morgan fingerprint density at radius 3 is 2.82 bits per heavy atom. The van der Waals surface area contributed by atoms with Crippen molar-refractivity contribution in [3.63, 3.8) is 0 Å². The van der Waals surface area contributed by atoms with Crippen molar-refractivity contribution in [3.05, 3.63) is 52.2 Å². The number of rotatable bonds is 5. The molecule has 4 heteroatoms. The van der Waals surface area contributed by atoms with E-state index in [0.29, 0.717) is 5.56 Å². The summed E-state index contributed by atoms with van der Waals surface area (Å²) in [6, 6.07) is 9.25. The normalized spacial score (nSPS) is 10.4. The molecule has 0 fully saturated rings. The van der Waals surface area contributed by atoms with E-state index in [9.17, 15) is 4.79 Å². The van der Waals surface area contributed by atoms with Crippen molar-refractivity contribution in [3.8, 4) is 0 Å². The molecule has 0 radical (unpaired) electrons.